The Hall–Kier alpha value is -2.97. The molecule has 0 spiro atoms. The Morgan fingerprint density at radius 2 is 2.06 bits per heavy atom. The van der Waals surface area contributed by atoms with Gasteiger partial charge in [0.05, 0.1) is 18.0 Å². The van der Waals surface area contributed by atoms with E-state index in [9.17, 15) is 4.79 Å². The second kappa shape index (κ2) is 10.1. The molecule has 1 N–H and O–H groups in total. The zero-order valence-electron chi connectivity index (χ0n) is 18.6. The molecule has 0 saturated carbocycles. The molecule has 1 aliphatic rings. The standard InChI is InChI=1S/C27H29NO3S/c1-3-6-22(16-27(29)30)21-9-11-23(12-10-21)31-17-20-8-13-26-24(15-20)25(18-32-26)28-14-5-4-7-19(28)2/h8-13,15,18-19,22H,4-5,7,14,16-17H2,1-2H3,(H,29,30)/t19?,22-/m0/s1. The van der Waals surface area contributed by atoms with Crippen LogP contribution in [0.25, 0.3) is 10.1 Å². The van der Waals surface area contributed by atoms with Crippen LogP contribution in [0.4, 0.5) is 5.69 Å². The Morgan fingerprint density at radius 1 is 1.25 bits per heavy atom. The maximum atomic E-state index is 11.1. The van der Waals surface area contributed by atoms with Crippen molar-refractivity contribution in [1.82, 2.24) is 0 Å². The molecule has 2 aromatic carbocycles. The average Bonchev–Trinajstić information content (AvgIpc) is 3.21. The summed E-state index contributed by atoms with van der Waals surface area (Å²) >= 11 is 1.81. The van der Waals surface area contributed by atoms with Crippen LogP contribution in [0.5, 0.6) is 5.75 Å². The molecule has 1 fully saturated rings. The first-order valence-electron chi connectivity index (χ1n) is 11.2. The van der Waals surface area contributed by atoms with Crippen molar-refractivity contribution >= 4 is 33.1 Å². The van der Waals surface area contributed by atoms with Crippen molar-refractivity contribution in [3.63, 3.8) is 0 Å². The van der Waals surface area contributed by atoms with E-state index in [2.05, 4.69) is 47.2 Å². The third-order valence-electron chi connectivity index (χ3n) is 6.12. The fourth-order valence-corrected chi connectivity index (χ4v) is 5.33. The van der Waals surface area contributed by atoms with Gasteiger partial charge in [0.15, 0.2) is 0 Å². The fourth-order valence-electron chi connectivity index (χ4n) is 4.40. The van der Waals surface area contributed by atoms with Crippen LogP contribution in [0, 0.1) is 11.8 Å². The minimum atomic E-state index is -0.847. The van der Waals surface area contributed by atoms with Crippen molar-refractivity contribution in [1.29, 1.82) is 0 Å². The van der Waals surface area contributed by atoms with Crippen LogP contribution in [-0.2, 0) is 11.4 Å². The van der Waals surface area contributed by atoms with Gasteiger partial charge in [-0.25, -0.2) is 0 Å². The Labute approximate surface area is 193 Å². The first-order chi connectivity index (χ1) is 15.5. The predicted octanol–water partition coefficient (Wildman–Crippen LogP) is 6.44. The summed E-state index contributed by atoms with van der Waals surface area (Å²) in [5, 5.41) is 12.7. The summed E-state index contributed by atoms with van der Waals surface area (Å²) < 4.78 is 7.35. The highest BCUT2D eigenvalue weighted by atomic mass is 32.1. The van der Waals surface area contributed by atoms with Gasteiger partial charge in [-0.3, -0.25) is 4.79 Å². The Bertz CT molecular complexity index is 1140. The maximum absolute atomic E-state index is 11.1. The van der Waals surface area contributed by atoms with Crippen LogP contribution in [0.3, 0.4) is 0 Å². The van der Waals surface area contributed by atoms with Crippen molar-refractivity contribution in [3.8, 4) is 17.6 Å². The Kier molecular flexibility index (Phi) is 7.02. The molecule has 2 atom stereocenters. The molecule has 166 valence electrons. The highest BCUT2D eigenvalue weighted by Crippen LogP contribution is 2.37. The van der Waals surface area contributed by atoms with Gasteiger partial charge in [-0.2, -0.15) is 0 Å². The van der Waals surface area contributed by atoms with E-state index >= 15 is 0 Å². The second-order valence-electron chi connectivity index (χ2n) is 8.39. The molecule has 4 nitrogen and oxygen atoms in total. The van der Waals surface area contributed by atoms with Gasteiger partial charge in [-0.15, -0.1) is 17.3 Å². The van der Waals surface area contributed by atoms with E-state index in [1.165, 1.54) is 35.0 Å². The van der Waals surface area contributed by atoms with Crippen LogP contribution in [-0.4, -0.2) is 23.7 Å². The fraction of sp³-hybridized carbons (Fsp3) is 0.370. The molecule has 0 amide bonds. The van der Waals surface area contributed by atoms with Crippen LogP contribution in [0.1, 0.15) is 56.6 Å². The molecule has 32 heavy (non-hydrogen) atoms. The lowest BCUT2D eigenvalue weighted by Gasteiger charge is -2.35. The van der Waals surface area contributed by atoms with Crippen LogP contribution >= 0.6 is 11.3 Å². The van der Waals surface area contributed by atoms with Crippen LogP contribution in [0.15, 0.2) is 47.8 Å². The second-order valence-corrected chi connectivity index (χ2v) is 9.30. The highest BCUT2D eigenvalue weighted by molar-refractivity contribution is 7.17. The third-order valence-corrected chi connectivity index (χ3v) is 7.07. The van der Waals surface area contributed by atoms with Gasteiger partial charge >= 0.3 is 5.97 Å². The number of carboxylic acids is 1. The van der Waals surface area contributed by atoms with Crippen molar-refractivity contribution < 1.29 is 14.6 Å². The van der Waals surface area contributed by atoms with Gasteiger partial charge in [0, 0.05) is 28.1 Å². The maximum Gasteiger partial charge on any atom is 0.304 e. The number of nitrogens with zero attached hydrogens (tertiary/aromatic N) is 1. The minimum Gasteiger partial charge on any atom is -0.489 e. The lowest BCUT2D eigenvalue weighted by molar-refractivity contribution is -0.137. The summed E-state index contributed by atoms with van der Waals surface area (Å²) in [6.07, 6.45) is 3.84. The molecule has 5 heteroatoms. The number of ether oxygens (including phenoxy) is 1. The largest absolute Gasteiger partial charge is 0.489 e. The number of piperidine rings is 1. The first-order valence-corrected chi connectivity index (χ1v) is 12.1. The van der Waals surface area contributed by atoms with Crippen molar-refractivity contribution in [2.75, 3.05) is 11.4 Å². The molecule has 0 bridgehead atoms. The highest BCUT2D eigenvalue weighted by Gasteiger charge is 2.21. The summed E-state index contributed by atoms with van der Waals surface area (Å²) in [4.78, 5) is 13.7. The molecular formula is C27H29NO3S. The van der Waals surface area contributed by atoms with E-state index in [0.717, 1.165) is 23.4 Å². The molecule has 0 radical (unpaired) electrons. The summed E-state index contributed by atoms with van der Waals surface area (Å²) in [6, 6.07) is 14.8. The molecule has 0 aliphatic carbocycles. The van der Waals surface area contributed by atoms with Gasteiger partial charge in [0.2, 0.25) is 0 Å². The number of hydrogen-bond donors (Lipinski definition) is 1. The lowest BCUT2D eigenvalue weighted by atomic mass is 9.96. The molecule has 1 unspecified atom stereocenters. The number of carboxylic acid groups (broad SMARTS) is 1. The predicted molar refractivity (Wildman–Crippen MR) is 132 cm³/mol. The number of fused-ring (bicyclic) bond motifs is 1. The van der Waals surface area contributed by atoms with Crippen molar-refractivity contribution in [2.45, 2.75) is 58.1 Å². The molecule has 2 heterocycles. The van der Waals surface area contributed by atoms with Crippen LogP contribution < -0.4 is 9.64 Å². The SMILES string of the molecule is CC#C[C@@H](CC(=O)O)c1ccc(OCc2ccc3scc(N4CCCCC4C)c3c2)cc1. The molecule has 1 saturated heterocycles. The number of thiophene rings is 1. The topological polar surface area (TPSA) is 49.8 Å². The summed E-state index contributed by atoms with van der Waals surface area (Å²) in [6.45, 7) is 5.68. The zero-order valence-corrected chi connectivity index (χ0v) is 19.5. The van der Waals surface area contributed by atoms with E-state index in [1.54, 1.807) is 6.92 Å². The number of aliphatic carboxylic acids is 1. The Balaban J connectivity index is 1.46. The van der Waals surface area contributed by atoms with E-state index in [-0.39, 0.29) is 12.3 Å². The Morgan fingerprint density at radius 3 is 2.78 bits per heavy atom. The zero-order chi connectivity index (χ0) is 22.5. The van der Waals surface area contributed by atoms with Gasteiger partial charge in [0.25, 0.3) is 0 Å². The third kappa shape index (κ3) is 5.08. The summed E-state index contributed by atoms with van der Waals surface area (Å²) in [5.41, 5.74) is 3.39. The molecule has 1 aromatic heterocycles. The monoisotopic (exact) mass is 447 g/mol. The molecule has 4 rings (SSSR count). The van der Waals surface area contributed by atoms with E-state index in [4.69, 9.17) is 9.84 Å². The number of hydrogen-bond acceptors (Lipinski definition) is 4. The number of anilines is 1. The van der Waals surface area contributed by atoms with E-state index < -0.39 is 5.97 Å². The summed E-state index contributed by atoms with van der Waals surface area (Å²) in [7, 11) is 0. The van der Waals surface area contributed by atoms with Gasteiger partial charge in [0.1, 0.15) is 12.4 Å². The van der Waals surface area contributed by atoms with E-state index in [0.29, 0.717) is 12.6 Å². The quantitative estimate of drug-likeness (QED) is 0.423. The number of rotatable bonds is 7. The van der Waals surface area contributed by atoms with Gasteiger partial charge in [-0.05, 0) is 68.5 Å². The van der Waals surface area contributed by atoms with Gasteiger partial charge < -0.3 is 14.7 Å². The van der Waals surface area contributed by atoms with Crippen molar-refractivity contribution in [3.05, 3.63) is 59.0 Å². The number of carbonyl (C=O) groups is 1. The minimum absolute atomic E-state index is 0.000330. The summed E-state index contributed by atoms with van der Waals surface area (Å²) in [5.74, 6) is 5.43. The first kappa shape index (κ1) is 22.2. The molecule has 3 aromatic rings. The smallest absolute Gasteiger partial charge is 0.304 e. The normalized spacial score (nSPS) is 16.9. The molecule has 1 aliphatic heterocycles. The molecular weight excluding hydrogens is 418 g/mol. The van der Waals surface area contributed by atoms with Gasteiger partial charge in [-0.1, -0.05) is 24.1 Å². The van der Waals surface area contributed by atoms with Crippen molar-refractivity contribution in [2.24, 2.45) is 0 Å². The lowest BCUT2D eigenvalue weighted by Crippen LogP contribution is -2.37. The van der Waals surface area contributed by atoms with Crippen LogP contribution in [0.2, 0.25) is 0 Å². The average molecular weight is 448 g/mol. The van der Waals surface area contributed by atoms with E-state index in [1.807, 2.05) is 35.6 Å². The number of benzene rings is 2.